The zero-order valence-electron chi connectivity index (χ0n) is 9.23. The summed E-state index contributed by atoms with van der Waals surface area (Å²) in [6, 6.07) is 1.92. The second kappa shape index (κ2) is 5.34. The molecule has 1 atom stereocenters. The fourth-order valence-corrected chi connectivity index (χ4v) is 2.60. The third-order valence-corrected chi connectivity index (χ3v) is 3.51. The van der Waals surface area contributed by atoms with E-state index in [0.717, 1.165) is 35.8 Å². The van der Waals surface area contributed by atoms with Gasteiger partial charge in [-0.05, 0) is 25.0 Å². The molecule has 16 heavy (non-hydrogen) atoms. The Morgan fingerprint density at radius 1 is 1.62 bits per heavy atom. The average molecular weight is 240 g/mol. The molecule has 3 N–H and O–H groups in total. The maximum atomic E-state index is 5.61. The Hall–Kier alpha value is -1.04. The first-order valence-electron chi connectivity index (χ1n) is 5.26. The lowest BCUT2D eigenvalue weighted by atomic mass is 10.1. The molecule has 0 spiro atoms. The van der Waals surface area contributed by atoms with Crippen molar-refractivity contribution in [3.63, 3.8) is 0 Å². The van der Waals surface area contributed by atoms with Crippen LogP contribution >= 0.6 is 11.3 Å². The third-order valence-electron chi connectivity index (χ3n) is 2.53. The Balaban J connectivity index is 2.17. The minimum absolute atomic E-state index is 0.0609. The number of nitrogens with one attached hydrogen (secondary N) is 1. The van der Waals surface area contributed by atoms with Gasteiger partial charge in [-0.1, -0.05) is 0 Å². The minimum Gasteiger partial charge on any atom is -0.496 e. The molecule has 0 saturated heterocycles. The molecule has 0 aromatic carbocycles. The lowest BCUT2D eigenvalue weighted by Crippen LogP contribution is -2.30. The summed E-state index contributed by atoms with van der Waals surface area (Å²) in [5.74, 6) is 7.35. The molecule has 1 unspecified atom stereocenters. The topological polar surface area (TPSA) is 56.5 Å². The molecular formula is C11H16N2O2S. The highest BCUT2D eigenvalue weighted by Gasteiger charge is 2.20. The number of hydrazine groups is 1. The maximum Gasteiger partial charge on any atom is 0.129 e. The molecule has 5 heteroatoms. The van der Waals surface area contributed by atoms with Crippen LogP contribution in [-0.4, -0.2) is 13.7 Å². The standard InChI is InChI=1S/C11H16N2O2S/c1-14-8-6-10(16-7-8)11(13-12)9-4-2-3-5-15-9/h4,6-7,11,13H,2-3,5,12H2,1H3. The number of hydrogen-bond donors (Lipinski definition) is 2. The minimum atomic E-state index is -0.0609. The van der Waals surface area contributed by atoms with Gasteiger partial charge in [0, 0.05) is 10.3 Å². The van der Waals surface area contributed by atoms with Crippen molar-refractivity contribution < 1.29 is 9.47 Å². The summed E-state index contributed by atoms with van der Waals surface area (Å²) < 4.78 is 10.8. The maximum absolute atomic E-state index is 5.61. The Morgan fingerprint density at radius 2 is 2.50 bits per heavy atom. The average Bonchev–Trinajstić information content (AvgIpc) is 2.80. The van der Waals surface area contributed by atoms with Crippen molar-refractivity contribution in [3.05, 3.63) is 28.2 Å². The highest BCUT2D eigenvalue weighted by atomic mass is 32.1. The fraction of sp³-hybridized carbons (Fsp3) is 0.455. The van der Waals surface area contributed by atoms with Crippen LogP contribution in [0.5, 0.6) is 5.75 Å². The van der Waals surface area contributed by atoms with Crippen LogP contribution in [0.3, 0.4) is 0 Å². The van der Waals surface area contributed by atoms with Gasteiger partial charge in [0.05, 0.1) is 13.7 Å². The monoisotopic (exact) mass is 240 g/mol. The van der Waals surface area contributed by atoms with E-state index in [2.05, 4.69) is 11.5 Å². The van der Waals surface area contributed by atoms with E-state index >= 15 is 0 Å². The Kier molecular flexibility index (Phi) is 3.82. The molecule has 1 aliphatic heterocycles. The molecule has 1 aliphatic rings. The SMILES string of the molecule is COc1csc(C(NN)C2=CCCCO2)c1. The number of ether oxygens (including phenoxy) is 2. The number of allylic oxidation sites excluding steroid dienone is 1. The van der Waals surface area contributed by atoms with Crippen molar-refractivity contribution in [3.8, 4) is 5.75 Å². The van der Waals surface area contributed by atoms with E-state index in [-0.39, 0.29) is 6.04 Å². The van der Waals surface area contributed by atoms with E-state index in [1.165, 1.54) is 0 Å². The van der Waals surface area contributed by atoms with Gasteiger partial charge in [-0.3, -0.25) is 5.84 Å². The summed E-state index contributed by atoms with van der Waals surface area (Å²) in [7, 11) is 1.66. The molecule has 4 nitrogen and oxygen atoms in total. The first-order chi connectivity index (χ1) is 7.85. The molecule has 1 aromatic rings. The Bertz CT molecular complexity index is 376. The van der Waals surface area contributed by atoms with Crippen LogP contribution in [0.1, 0.15) is 23.8 Å². The molecular weight excluding hydrogens is 224 g/mol. The van der Waals surface area contributed by atoms with Crippen LogP contribution in [0.4, 0.5) is 0 Å². The van der Waals surface area contributed by atoms with Crippen LogP contribution in [0.25, 0.3) is 0 Å². The van der Waals surface area contributed by atoms with Crippen LogP contribution in [-0.2, 0) is 4.74 Å². The molecule has 1 aromatic heterocycles. The van der Waals surface area contributed by atoms with Gasteiger partial charge in [0.25, 0.3) is 0 Å². The van der Waals surface area contributed by atoms with Gasteiger partial charge in [-0.25, -0.2) is 5.43 Å². The molecule has 2 heterocycles. The number of methoxy groups -OCH3 is 1. The van der Waals surface area contributed by atoms with Crippen LogP contribution < -0.4 is 16.0 Å². The number of nitrogens with two attached hydrogens (primary N) is 1. The lowest BCUT2D eigenvalue weighted by molar-refractivity contribution is 0.168. The summed E-state index contributed by atoms with van der Waals surface area (Å²) in [6.45, 7) is 0.770. The predicted molar refractivity (Wildman–Crippen MR) is 64.2 cm³/mol. The zero-order chi connectivity index (χ0) is 11.4. The van der Waals surface area contributed by atoms with Crippen molar-refractivity contribution in [1.82, 2.24) is 5.43 Å². The molecule has 0 bridgehead atoms. The highest BCUT2D eigenvalue weighted by molar-refractivity contribution is 7.10. The van der Waals surface area contributed by atoms with E-state index < -0.39 is 0 Å². The molecule has 0 aliphatic carbocycles. The van der Waals surface area contributed by atoms with Crippen molar-refractivity contribution >= 4 is 11.3 Å². The quantitative estimate of drug-likeness (QED) is 0.624. The first-order valence-corrected chi connectivity index (χ1v) is 6.14. The smallest absolute Gasteiger partial charge is 0.129 e. The first kappa shape index (κ1) is 11.4. The second-order valence-corrected chi connectivity index (χ2v) is 4.53. The highest BCUT2D eigenvalue weighted by Crippen LogP contribution is 2.32. The van der Waals surface area contributed by atoms with Gasteiger partial charge in [0.1, 0.15) is 17.6 Å². The van der Waals surface area contributed by atoms with Gasteiger partial charge in [-0.2, -0.15) is 0 Å². The Labute approximate surface area is 99.0 Å². The van der Waals surface area contributed by atoms with Crippen LogP contribution in [0.15, 0.2) is 23.3 Å². The number of thiophene rings is 1. The van der Waals surface area contributed by atoms with E-state index in [9.17, 15) is 0 Å². The van der Waals surface area contributed by atoms with E-state index in [1.807, 2.05) is 11.4 Å². The van der Waals surface area contributed by atoms with Gasteiger partial charge < -0.3 is 9.47 Å². The summed E-state index contributed by atoms with van der Waals surface area (Å²) in [4.78, 5) is 1.10. The molecule has 0 fully saturated rings. The van der Waals surface area contributed by atoms with Gasteiger partial charge in [0.15, 0.2) is 0 Å². The molecule has 0 saturated carbocycles. The van der Waals surface area contributed by atoms with Crippen molar-refractivity contribution in [2.45, 2.75) is 18.9 Å². The molecule has 2 rings (SSSR count). The van der Waals surface area contributed by atoms with Gasteiger partial charge in [-0.15, -0.1) is 11.3 Å². The predicted octanol–water partition coefficient (Wildman–Crippen LogP) is 1.96. The van der Waals surface area contributed by atoms with Crippen molar-refractivity contribution in [1.29, 1.82) is 0 Å². The summed E-state index contributed by atoms with van der Waals surface area (Å²) >= 11 is 1.61. The fourth-order valence-electron chi connectivity index (χ4n) is 1.68. The summed E-state index contributed by atoms with van der Waals surface area (Å²) in [5.41, 5.74) is 2.79. The van der Waals surface area contributed by atoms with Crippen molar-refractivity contribution in [2.24, 2.45) is 5.84 Å². The molecule has 88 valence electrons. The van der Waals surface area contributed by atoms with E-state index in [0.29, 0.717) is 0 Å². The van der Waals surface area contributed by atoms with Crippen molar-refractivity contribution in [2.75, 3.05) is 13.7 Å². The summed E-state index contributed by atoms with van der Waals surface area (Å²) in [5, 5.41) is 1.96. The normalized spacial score (nSPS) is 17.5. The number of hydrogen-bond acceptors (Lipinski definition) is 5. The van der Waals surface area contributed by atoms with Crippen LogP contribution in [0, 0.1) is 0 Å². The molecule has 0 amide bonds. The second-order valence-electron chi connectivity index (χ2n) is 3.59. The third kappa shape index (κ3) is 2.37. The van der Waals surface area contributed by atoms with Gasteiger partial charge in [0.2, 0.25) is 0 Å². The zero-order valence-corrected chi connectivity index (χ0v) is 10.0. The van der Waals surface area contributed by atoms with Gasteiger partial charge >= 0.3 is 0 Å². The summed E-state index contributed by atoms with van der Waals surface area (Å²) in [6.07, 6.45) is 4.23. The number of rotatable bonds is 4. The Morgan fingerprint density at radius 3 is 3.06 bits per heavy atom. The van der Waals surface area contributed by atoms with E-state index in [1.54, 1.807) is 18.4 Å². The molecule has 0 radical (unpaired) electrons. The largest absolute Gasteiger partial charge is 0.496 e. The van der Waals surface area contributed by atoms with E-state index in [4.69, 9.17) is 15.3 Å². The lowest BCUT2D eigenvalue weighted by Gasteiger charge is -2.22. The van der Waals surface area contributed by atoms with Crippen LogP contribution in [0.2, 0.25) is 0 Å².